The molecule has 0 N–H and O–H groups in total. The van der Waals surface area contributed by atoms with Gasteiger partial charge in [-0.25, -0.2) is 13.2 Å². The van der Waals surface area contributed by atoms with E-state index in [4.69, 9.17) is 14.2 Å². The van der Waals surface area contributed by atoms with Crippen LogP contribution in [0.15, 0.2) is 24.3 Å². The fourth-order valence-electron chi connectivity index (χ4n) is 3.28. The van der Waals surface area contributed by atoms with E-state index in [0.29, 0.717) is 24.5 Å². The van der Waals surface area contributed by atoms with Gasteiger partial charge in [-0.1, -0.05) is 12.1 Å². The molecule has 1 saturated heterocycles. The molecule has 1 fully saturated rings. The SMILES string of the molecule is CCN(C(=O)[C@@H](C)OC(=O)[C@@H]1COc2ccccc2O1)[C@H]1CCS(=O)(=O)C1. The first-order valence-electron chi connectivity index (χ1n) is 8.90. The molecule has 3 atom stereocenters. The van der Waals surface area contributed by atoms with E-state index >= 15 is 0 Å². The molecule has 2 aliphatic rings. The lowest BCUT2D eigenvalue weighted by Crippen LogP contribution is -2.48. The van der Waals surface area contributed by atoms with Crippen molar-refractivity contribution in [1.29, 1.82) is 0 Å². The number of hydrogen-bond donors (Lipinski definition) is 0. The van der Waals surface area contributed by atoms with Crippen LogP contribution in [0.4, 0.5) is 0 Å². The Morgan fingerprint density at radius 3 is 2.63 bits per heavy atom. The summed E-state index contributed by atoms with van der Waals surface area (Å²) in [5.41, 5.74) is 0. The Kier molecular flexibility index (Phi) is 5.59. The van der Waals surface area contributed by atoms with Gasteiger partial charge in [-0.15, -0.1) is 0 Å². The molecule has 0 bridgehead atoms. The highest BCUT2D eigenvalue weighted by atomic mass is 32.2. The summed E-state index contributed by atoms with van der Waals surface area (Å²) in [5.74, 6) is -0.0990. The molecule has 9 heteroatoms. The van der Waals surface area contributed by atoms with Crippen LogP contribution in [0.25, 0.3) is 0 Å². The number of rotatable bonds is 5. The Bertz CT molecular complexity index is 823. The number of ether oxygens (including phenoxy) is 3. The maximum Gasteiger partial charge on any atom is 0.351 e. The zero-order chi connectivity index (χ0) is 19.6. The number of benzene rings is 1. The van der Waals surface area contributed by atoms with Gasteiger partial charge in [0, 0.05) is 12.6 Å². The Labute approximate surface area is 158 Å². The maximum atomic E-state index is 12.7. The number of likely N-dealkylation sites (N-methyl/N-ethyl adjacent to an activating group) is 1. The third-order valence-electron chi connectivity index (χ3n) is 4.69. The predicted octanol–water partition coefficient (Wildman–Crippen LogP) is 0.794. The molecule has 0 radical (unpaired) electrons. The van der Waals surface area contributed by atoms with Crippen molar-refractivity contribution in [2.75, 3.05) is 24.7 Å². The van der Waals surface area contributed by atoms with Gasteiger partial charge in [0.1, 0.15) is 6.61 Å². The summed E-state index contributed by atoms with van der Waals surface area (Å²) < 4.78 is 39.7. The third-order valence-corrected chi connectivity index (χ3v) is 6.44. The first-order chi connectivity index (χ1) is 12.8. The maximum absolute atomic E-state index is 12.7. The van der Waals surface area contributed by atoms with E-state index in [-0.39, 0.29) is 24.2 Å². The number of carbonyl (C=O) groups excluding carboxylic acids is 2. The predicted molar refractivity (Wildman–Crippen MR) is 96.4 cm³/mol. The summed E-state index contributed by atoms with van der Waals surface area (Å²) in [6.07, 6.45) is -1.60. The van der Waals surface area contributed by atoms with Gasteiger partial charge in [-0.3, -0.25) is 4.79 Å². The zero-order valence-electron chi connectivity index (χ0n) is 15.3. The van der Waals surface area contributed by atoms with Crippen molar-refractivity contribution in [1.82, 2.24) is 4.90 Å². The summed E-state index contributed by atoms with van der Waals surface area (Å²) in [6.45, 7) is 3.59. The highest BCUT2D eigenvalue weighted by molar-refractivity contribution is 7.91. The third kappa shape index (κ3) is 4.35. The molecule has 148 valence electrons. The van der Waals surface area contributed by atoms with Crippen LogP contribution in [0.1, 0.15) is 20.3 Å². The number of nitrogens with zero attached hydrogens (tertiary/aromatic N) is 1. The van der Waals surface area contributed by atoms with Crippen LogP contribution in [0.2, 0.25) is 0 Å². The summed E-state index contributed by atoms with van der Waals surface area (Å²) in [6, 6.07) is 6.59. The first-order valence-corrected chi connectivity index (χ1v) is 10.7. The Hall–Kier alpha value is -2.29. The average Bonchev–Trinajstić information content (AvgIpc) is 3.01. The number of sulfone groups is 1. The molecule has 2 heterocycles. The van der Waals surface area contributed by atoms with Crippen molar-refractivity contribution >= 4 is 21.7 Å². The molecule has 1 aromatic rings. The number of hydrogen-bond acceptors (Lipinski definition) is 7. The molecule has 2 aliphatic heterocycles. The van der Waals surface area contributed by atoms with Gasteiger partial charge < -0.3 is 19.1 Å². The van der Waals surface area contributed by atoms with Gasteiger partial charge in [-0.05, 0) is 32.4 Å². The second kappa shape index (κ2) is 7.75. The van der Waals surface area contributed by atoms with E-state index in [9.17, 15) is 18.0 Å². The monoisotopic (exact) mass is 397 g/mol. The normalized spacial score (nSPS) is 24.1. The Morgan fingerprint density at radius 1 is 1.30 bits per heavy atom. The number of esters is 1. The lowest BCUT2D eigenvalue weighted by Gasteiger charge is -2.30. The fourth-order valence-corrected chi connectivity index (χ4v) is 5.02. The van der Waals surface area contributed by atoms with Gasteiger partial charge in [0.15, 0.2) is 27.4 Å². The molecule has 3 rings (SSSR count). The molecule has 1 amide bonds. The van der Waals surface area contributed by atoms with E-state index in [0.717, 1.165) is 0 Å². The van der Waals surface area contributed by atoms with E-state index in [1.165, 1.54) is 11.8 Å². The number of fused-ring (bicyclic) bond motifs is 1. The molecule has 0 saturated carbocycles. The van der Waals surface area contributed by atoms with Crippen LogP contribution >= 0.6 is 0 Å². The van der Waals surface area contributed by atoms with E-state index in [2.05, 4.69) is 0 Å². The van der Waals surface area contributed by atoms with Crippen LogP contribution in [-0.2, 0) is 24.2 Å². The van der Waals surface area contributed by atoms with Crippen LogP contribution in [0.3, 0.4) is 0 Å². The van der Waals surface area contributed by atoms with Crippen LogP contribution in [0, 0.1) is 0 Å². The quantitative estimate of drug-likeness (QED) is 0.678. The van der Waals surface area contributed by atoms with E-state index in [1.54, 1.807) is 31.2 Å². The smallest absolute Gasteiger partial charge is 0.351 e. The topological polar surface area (TPSA) is 99.2 Å². The standard InChI is InChI=1S/C18H23NO7S/c1-3-19(13-8-9-27(22,23)11-13)17(20)12(2)25-18(21)16-10-24-14-6-4-5-7-15(14)26-16/h4-7,12-13,16H,3,8-11H2,1-2H3/t12-,13+,16+/m1/s1. The van der Waals surface area contributed by atoms with Gasteiger partial charge >= 0.3 is 5.97 Å². The highest BCUT2D eigenvalue weighted by Crippen LogP contribution is 2.31. The van der Waals surface area contributed by atoms with Crippen molar-refractivity contribution in [2.45, 2.75) is 38.5 Å². The van der Waals surface area contributed by atoms with Crippen molar-refractivity contribution in [2.24, 2.45) is 0 Å². The lowest BCUT2D eigenvalue weighted by molar-refractivity contribution is -0.167. The second-order valence-electron chi connectivity index (χ2n) is 6.62. The Morgan fingerprint density at radius 2 is 2.00 bits per heavy atom. The van der Waals surface area contributed by atoms with E-state index < -0.39 is 33.9 Å². The van der Waals surface area contributed by atoms with Crippen LogP contribution in [0.5, 0.6) is 11.5 Å². The summed E-state index contributed by atoms with van der Waals surface area (Å²) >= 11 is 0. The molecular formula is C18H23NO7S. The Balaban J connectivity index is 1.60. The van der Waals surface area contributed by atoms with Crippen molar-refractivity contribution in [3.63, 3.8) is 0 Å². The number of carbonyl (C=O) groups is 2. The van der Waals surface area contributed by atoms with Crippen LogP contribution in [-0.4, -0.2) is 68.1 Å². The molecule has 1 aromatic carbocycles. The van der Waals surface area contributed by atoms with Gasteiger partial charge in [-0.2, -0.15) is 0 Å². The zero-order valence-corrected chi connectivity index (χ0v) is 16.1. The molecule has 0 aromatic heterocycles. The largest absolute Gasteiger partial charge is 0.485 e. The number of amides is 1. The first kappa shape index (κ1) is 19.5. The molecule has 8 nitrogen and oxygen atoms in total. The van der Waals surface area contributed by atoms with E-state index in [1.807, 2.05) is 0 Å². The minimum Gasteiger partial charge on any atom is -0.485 e. The molecule has 0 spiro atoms. The minimum absolute atomic E-state index is 0.00484. The molecule has 0 aliphatic carbocycles. The summed E-state index contributed by atoms with van der Waals surface area (Å²) in [4.78, 5) is 26.5. The van der Waals surface area contributed by atoms with Crippen molar-refractivity contribution in [3.8, 4) is 11.5 Å². The minimum atomic E-state index is -3.12. The fraction of sp³-hybridized carbons (Fsp3) is 0.556. The van der Waals surface area contributed by atoms with Crippen LogP contribution < -0.4 is 9.47 Å². The highest BCUT2D eigenvalue weighted by Gasteiger charge is 2.37. The van der Waals surface area contributed by atoms with Crippen molar-refractivity contribution < 1.29 is 32.2 Å². The summed E-state index contributed by atoms with van der Waals surface area (Å²) in [7, 11) is -3.12. The average molecular weight is 397 g/mol. The van der Waals surface area contributed by atoms with Gasteiger partial charge in [0.2, 0.25) is 6.10 Å². The van der Waals surface area contributed by atoms with Gasteiger partial charge in [0.05, 0.1) is 11.5 Å². The second-order valence-corrected chi connectivity index (χ2v) is 8.85. The lowest BCUT2D eigenvalue weighted by atomic mass is 10.2. The molecule has 27 heavy (non-hydrogen) atoms. The van der Waals surface area contributed by atoms with Gasteiger partial charge in [0.25, 0.3) is 5.91 Å². The van der Waals surface area contributed by atoms with Crippen molar-refractivity contribution in [3.05, 3.63) is 24.3 Å². The summed E-state index contributed by atoms with van der Waals surface area (Å²) in [5, 5.41) is 0. The molecule has 0 unspecified atom stereocenters. The molecular weight excluding hydrogens is 374 g/mol. The number of para-hydroxylation sites is 2.